The van der Waals surface area contributed by atoms with E-state index in [9.17, 15) is 47.8 Å². The first-order valence-corrected chi connectivity index (χ1v) is 29.4. The molecule has 8 rings (SSSR count). The van der Waals surface area contributed by atoms with Crippen LogP contribution in [-0.2, 0) is 54.8 Å². The first-order valence-electron chi connectivity index (χ1n) is 26.1. The Morgan fingerprint density at radius 1 is 0.950 bits per heavy atom. The van der Waals surface area contributed by atoms with Gasteiger partial charge in [-0.05, 0) is 128 Å². The van der Waals surface area contributed by atoms with Crippen molar-refractivity contribution >= 4 is 103 Å². The Kier molecular flexibility index (Phi) is 17.5. The van der Waals surface area contributed by atoms with Crippen molar-refractivity contribution in [2.24, 2.45) is 10.8 Å². The van der Waals surface area contributed by atoms with E-state index in [0.29, 0.717) is 53.7 Å². The smallest absolute Gasteiger partial charge is 0.404 e. The van der Waals surface area contributed by atoms with Crippen LogP contribution in [0.15, 0.2) is 72.1 Å². The predicted octanol–water partition coefficient (Wildman–Crippen LogP) is 8.52. The van der Waals surface area contributed by atoms with E-state index in [2.05, 4.69) is 27.0 Å². The zero-order chi connectivity index (χ0) is 58.1. The molecule has 0 aliphatic carbocycles. The van der Waals surface area contributed by atoms with Crippen molar-refractivity contribution in [3.63, 3.8) is 0 Å². The van der Waals surface area contributed by atoms with E-state index in [1.807, 2.05) is 35.7 Å². The van der Waals surface area contributed by atoms with Gasteiger partial charge in [-0.15, -0.1) is 22.7 Å². The summed E-state index contributed by atoms with van der Waals surface area (Å²) >= 11 is 2.49. The van der Waals surface area contributed by atoms with E-state index in [4.69, 9.17) is 4.74 Å². The van der Waals surface area contributed by atoms with Gasteiger partial charge in [0.2, 0.25) is 36.3 Å². The van der Waals surface area contributed by atoms with Crippen LogP contribution in [0.5, 0.6) is 0 Å². The Bertz CT molecular complexity index is 3410. The average molecular weight is 1160 g/mol. The van der Waals surface area contributed by atoms with Crippen LogP contribution in [0.4, 0.5) is 14.5 Å². The van der Waals surface area contributed by atoms with Crippen molar-refractivity contribution in [3.8, 4) is 11.8 Å². The van der Waals surface area contributed by atoms with Crippen molar-refractivity contribution in [2.45, 2.75) is 117 Å². The van der Waals surface area contributed by atoms with Crippen LogP contribution < -0.4 is 15.5 Å². The van der Waals surface area contributed by atoms with Crippen LogP contribution in [0.2, 0.25) is 0 Å². The molecule has 3 aliphatic heterocycles. The number of halogens is 2. The lowest BCUT2D eigenvalue weighted by atomic mass is 9.85. The molecule has 0 saturated carbocycles. The van der Waals surface area contributed by atoms with Crippen LogP contribution in [-0.4, -0.2) is 119 Å². The highest BCUT2D eigenvalue weighted by Crippen LogP contribution is 2.63. The molecule has 7 amide bonds. The molecule has 5 heterocycles. The molecule has 4 atom stereocenters. The number of likely N-dealkylation sites (tertiary alicyclic amines) is 1. The van der Waals surface area contributed by atoms with Crippen molar-refractivity contribution in [1.29, 1.82) is 0 Å². The molecule has 0 bridgehead atoms. The molecule has 3 N–H and O–H groups in total. The summed E-state index contributed by atoms with van der Waals surface area (Å²) in [6.45, 7) is 9.40. The molecule has 3 aromatic carbocycles. The lowest BCUT2D eigenvalue weighted by Crippen LogP contribution is -2.58. The zero-order valence-corrected chi connectivity index (χ0v) is 47.9. The normalized spacial score (nSPS) is 17.8. The molecule has 0 radical (unpaired) electrons. The minimum Gasteiger partial charge on any atom is -0.438 e. The van der Waals surface area contributed by atoms with Gasteiger partial charge in [0.1, 0.15) is 18.1 Å². The second-order valence-corrected chi connectivity index (χ2v) is 26.0. The average Bonchev–Trinajstić information content (AvgIpc) is 4.24. The molecule has 23 heteroatoms. The van der Waals surface area contributed by atoms with E-state index in [-0.39, 0.29) is 66.9 Å². The number of thiophene rings is 2. The summed E-state index contributed by atoms with van der Waals surface area (Å²) < 4.78 is 54.6. The number of imide groups is 1. The first kappa shape index (κ1) is 59.2. The molecule has 2 saturated heterocycles. The second kappa shape index (κ2) is 23.7. The molecule has 18 nitrogen and oxygen atoms in total. The molecule has 3 unspecified atom stereocenters. The number of alkyl halides is 2. The number of amides is 7. The fourth-order valence-electron chi connectivity index (χ4n) is 9.71. The van der Waals surface area contributed by atoms with Gasteiger partial charge in [0, 0.05) is 84.3 Å². The van der Waals surface area contributed by atoms with Crippen molar-refractivity contribution in [2.75, 3.05) is 38.4 Å². The van der Waals surface area contributed by atoms with Crippen molar-refractivity contribution in [3.05, 3.63) is 99.2 Å². The van der Waals surface area contributed by atoms with Gasteiger partial charge in [-0.25, -0.2) is 0 Å². The summed E-state index contributed by atoms with van der Waals surface area (Å²) in [4.78, 5) is 124. The van der Waals surface area contributed by atoms with Gasteiger partial charge in [-0.3, -0.25) is 52.8 Å². The van der Waals surface area contributed by atoms with E-state index >= 15 is 8.78 Å². The van der Waals surface area contributed by atoms with Crippen LogP contribution in [0.3, 0.4) is 0 Å². The zero-order valence-electron chi connectivity index (χ0n) is 45.4. The highest BCUT2D eigenvalue weighted by molar-refractivity contribution is 7.53. The maximum absolute atomic E-state index is 15.5. The number of carbonyl (C=O) groups excluding carboxylic acids is 8. The largest absolute Gasteiger partial charge is 0.438 e. The topological polar surface area (TPSA) is 229 Å². The lowest BCUT2D eigenvalue weighted by molar-refractivity contribution is -0.160. The van der Waals surface area contributed by atoms with Crippen LogP contribution >= 0.6 is 30.3 Å². The van der Waals surface area contributed by atoms with Gasteiger partial charge in [-0.1, -0.05) is 44.7 Å². The van der Waals surface area contributed by atoms with E-state index < -0.39 is 84.2 Å². The Balaban J connectivity index is 0.910. The number of ether oxygens (including phenoxy) is 1. The number of anilines is 1. The van der Waals surface area contributed by atoms with Gasteiger partial charge < -0.3 is 34.5 Å². The fourth-order valence-corrected chi connectivity index (χ4v) is 12.3. The number of nitrogens with one attached hydrogen (secondary N) is 2. The van der Waals surface area contributed by atoms with Gasteiger partial charge >= 0.3 is 19.2 Å². The van der Waals surface area contributed by atoms with Gasteiger partial charge in [0.25, 0.3) is 11.8 Å². The quantitative estimate of drug-likeness (QED) is 0.0199. The molecule has 2 aromatic heterocycles. The van der Waals surface area contributed by atoms with E-state index in [1.165, 1.54) is 58.9 Å². The molecular weight excluding hydrogens is 1090 g/mol. The third-order valence-electron chi connectivity index (χ3n) is 14.3. The Hall–Kier alpha value is -6.89. The van der Waals surface area contributed by atoms with Crippen LogP contribution in [0.1, 0.15) is 123 Å². The molecule has 2 fully saturated rings. The summed E-state index contributed by atoms with van der Waals surface area (Å²) in [6.07, 6.45) is 2.12. The SMILES string of the molecule is CN(CCCC#Cc1cccc2c1CN(C1CCC(=O)NC1=O)C2=O)C(=O)CCN(C(=O)[C@@H]1CCCN1C(=O)C(NC(=O)c1cc2cc(C(F)(F)P(=O)(O)OCOC(=O)C(C)(C)C)ccc2s1)C(C)(C)C)c1ccc2sccc2c1. The Morgan fingerprint density at radius 2 is 1.70 bits per heavy atom. The number of hydrogen-bond donors (Lipinski definition) is 3. The first-order chi connectivity index (χ1) is 37.7. The Morgan fingerprint density at radius 3 is 2.42 bits per heavy atom. The third-order valence-corrected chi connectivity index (χ3v) is 17.7. The second-order valence-electron chi connectivity index (χ2n) is 22.2. The maximum Gasteiger partial charge on any atom is 0.404 e. The van der Waals surface area contributed by atoms with Gasteiger partial charge in [0.05, 0.1) is 10.3 Å². The number of carbonyl (C=O) groups is 8. The van der Waals surface area contributed by atoms with E-state index in [0.717, 1.165) is 39.1 Å². The number of rotatable bonds is 17. The molecule has 3 aliphatic rings. The summed E-state index contributed by atoms with van der Waals surface area (Å²) in [5, 5.41) is 8.13. The van der Waals surface area contributed by atoms with Gasteiger partial charge in [0.15, 0.2) is 0 Å². The van der Waals surface area contributed by atoms with Crippen LogP contribution in [0, 0.1) is 22.7 Å². The summed E-state index contributed by atoms with van der Waals surface area (Å²) in [5.74, 6) is 2.52. The third kappa shape index (κ3) is 12.8. The summed E-state index contributed by atoms with van der Waals surface area (Å²) in [6, 6.07) is 14.4. The number of esters is 1. The van der Waals surface area contributed by atoms with Crippen LogP contribution in [0.25, 0.3) is 20.2 Å². The lowest BCUT2D eigenvalue weighted by Gasteiger charge is -2.36. The summed E-state index contributed by atoms with van der Waals surface area (Å²) in [7, 11) is -4.07. The maximum atomic E-state index is 15.5. The number of hydrogen-bond acceptors (Lipinski definition) is 13. The molecular formula is C57H63F2N6O12PS2. The number of unbranched alkanes of at least 4 members (excludes halogenated alkanes) is 1. The number of benzene rings is 3. The molecule has 5 aromatic rings. The molecule has 0 spiro atoms. The number of nitrogens with zero attached hydrogens (tertiary/aromatic N) is 4. The Labute approximate surface area is 469 Å². The summed E-state index contributed by atoms with van der Waals surface area (Å²) in [5.41, 5.74) is -4.84. The predicted molar refractivity (Wildman–Crippen MR) is 298 cm³/mol. The molecule has 80 heavy (non-hydrogen) atoms. The minimum absolute atomic E-state index is 0.00155. The number of fused-ring (bicyclic) bond motifs is 3. The minimum atomic E-state index is -5.75. The fraction of sp³-hybridized carbons (Fsp3) is 0.439. The van der Waals surface area contributed by atoms with Crippen molar-refractivity contribution in [1.82, 2.24) is 25.3 Å². The van der Waals surface area contributed by atoms with E-state index in [1.54, 1.807) is 44.9 Å². The standard InChI is InChI=1S/C57H63F2N6O12PS2/c1-55(2,3)48(61-50(69)45-31-36-29-37(17-20-44(36)80-45)57(58,59)78(74,75)77-33-76-54(73)56(4,5)6)53(72)64-26-12-16-42(64)52(71)63(38-18-21-43-35(30-38)24-28-79-43)27-23-47(67)62(7)25-10-8-9-13-34-14-11-15-39-40(34)32-65(51(39)70)41-19-22-46(66)60-49(41)68/h11,14-15,17-18,20-21,24,28-31,41-42,48H,8,10,12,16,19,22-23,25-27,32-33H2,1-7H3,(H,61,69)(H,74,75)(H,60,66,68)/t41?,42-,48?/m0/s1. The monoisotopic (exact) mass is 1160 g/mol. The van der Waals surface area contributed by atoms with Crippen molar-refractivity contribution < 1.29 is 65.9 Å². The highest BCUT2D eigenvalue weighted by Gasteiger charge is 2.53. The highest BCUT2D eigenvalue weighted by atomic mass is 32.1. The number of piperidine rings is 1. The van der Waals surface area contributed by atoms with Gasteiger partial charge in [-0.2, -0.15) is 8.78 Å². The molecule has 424 valence electrons.